The quantitative estimate of drug-likeness (QED) is 0.795. The first-order valence-electron chi connectivity index (χ1n) is 7.05. The van der Waals surface area contributed by atoms with Crippen molar-refractivity contribution in [2.24, 2.45) is 0 Å². The number of likely N-dealkylation sites (N-methyl/N-ethyl adjacent to an activating group) is 1. The molecule has 2 heteroatoms. The van der Waals surface area contributed by atoms with Gasteiger partial charge in [-0.15, -0.1) is 0 Å². The smallest absolute Gasteiger partial charge is 0.0104 e. The third kappa shape index (κ3) is 4.11. The van der Waals surface area contributed by atoms with Gasteiger partial charge in [-0.2, -0.15) is 0 Å². The van der Waals surface area contributed by atoms with E-state index in [0.29, 0.717) is 0 Å². The lowest BCUT2D eigenvalue weighted by Gasteiger charge is -2.31. The Bertz CT molecular complexity index is 355. The van der Waals surface area contributed by atoms with Crippen LogP contribution in [0.1, 0.15) is 32.3 Å². The predicted molar refractivity (Wildman–Crippen MR) is 78.0 cm³/mol. The number of benzene rings is 1. The Labute approximate surface area is 111 Å². The van der Waals surface area contributed by atoms with Gasteiger partial charge in [-0.1, -0.05) is 44.2 Å². The number of nitrogens with zero attached hydrogens (tertiary/aromatic N) is 1. The maximum Gasteiger partial charge on any atom is 0.0104 e. The largest absolute Gasteiger partial charge is 0.313 e. The molecule has 0 aliphatic heterocycles. The average Bonchev–Trinajstić information content (AvgIpc) is 3.13. The zero-order chi connectivity index (χ0) is 13.0. The standard InChI is InChI=1S/C16H26N2/c1-16(2,14-7-5-4-6-8-14)13-18(3)12-11-17-15-9-10-15/h4-8,15,17H,9-13H2,1-3H3. The Morgan fingerprint density at radius 1 is 1.22 bits per heavy atom. The summed E-state index contributed by atoms with van der Waals surface area (Å²) in [7, 11) is 2.22. The summed E-state index contributed by atoms with van der Waals surface area (Å²) in [4.78, 5) is 2.43. The molecule has 0 spiro atoms. The number of nitrogens with one attached hydrogen (secondary N) is 1. The van der Waals surface area contributed by atoms with Gasteiger partial charge in [-0.25, -0.2) is 0 Å². The van der Waals surface area contributed by atoms with Crippen molar-refractivity contribution < 1.29 is 0 Å². The highest BCUT2D eigenvalue weighted by atomic mass is 15.1. The van der Waals surface area contributed by atoms with Crippen molar-refractivity contribution in [2.75, 3.05) is 26.7 Å². The molecule has 1 aliphatic carbocycles. The number of rotatable bonds is 7. The molecule has 1 fully saturated rings. The van der Waals surface area contributed by atoms with Crippen molar-refractivity contribution in [1.82, 2.24) is 10.2 Å². The van der Waals surface area contributed by atoms with Crippen LogP contribution >= 0.6 is 0 Å². The highest BCUT2D eigenvalue weighted by Crippen LogP contribution is 2.23. The molecule has 1 aliphatic rings. The summed E-state index contributed by atoms with van der Waals surface area (Å²) in [5.74, 6) is 0. The van der Waals surface area contributed by atoms with E-state index in [-0.39, 0.29) is 5.41 Å². The molecule has 1 aromatic rings. The first-order chi connectivity index (χ1) is 8.58. The van der Waals surface area contributed by atoms with Gasteiger partial charge in [0.15, 0.2) is 0 Å². The molecule has 0 radical (unpaired) electrons. The summed E-state index contributed by atoms with van der Waals surface area (Å²) >= 11 is 0. The third-order valence-electron chi connectivity index (χ3n) is 3.72. The lowest BCUT2D eigenvalue weighted by Crippen LogP contribution is -2.38. The molecule has 2 nitrogen and oxygen atoms in total. The lowest BCUT2D eigenvalue weighted by molar-refractivity contribution is 0.267. The van der Waals surface area contributed by atoms with Crippen molar-refractivity contribution in [3.63, 3.8) is 0 Å². The monoisotopic (exact) mass is 246 g/mol. The number of hydrogen-bond donors (Lipinski definition) is 1. The maximum absolute atomic E-state index is 3.57. The van der Waals surface area contributed by atoms with Gasteiger partial charge >= 0.3 is 0 Å². The fourth-order valence-electron chi connectivity index (χ4n) is 2.48. The molecule has 18 heavy (non-hydrogen) atoms. The van der Waals surface area contributed by atoms with E-state index in [1.165, 1.54) is 18.4 Å². The van der Waals surface area contributed by atoms with Gasteiger partial charge in [0.05, 0.1) is 0 Å². The van der Waals surface area contributed by atoms with Crippen LogP contribution in [-0.4, -0.2) is 37.6 Å². The minimum absolute atomic E-state index is 0.218. The minimum Gasteiger partial charge on any atom is -0.313 e. The third-order valence-corrected chi connectivity index (χ3v) is 3.72. The Balaban J connectivity index is 1.78. The van der Waals surface area contributed by atoms with Crippen molar-refractivity contribution >= 4 is 0 Å². The van der Waals surface area contributed by atoms with E-state index in [1.807, 2.05) is 0 Å². The Kier molecular flexibility index (Phi) is 4.41. The first kappa shape index (κ1) is 13.6. The van der Waals surface area contributed by atoms with Gasteiger partial charge in [0.1, 0.15) is 0 Å². The van der Waals surface area contributed by atoms with Gasteiger partial charge in [0, 0.05) is 31.1 Å². The zero-order valence-electron chi connectivity index (χ0n) is 11.9. The van der Waals surface area contributed by atoms with Crippen molar-refractivity contribution in [3.05, 3.63) is 35.9 Å². The first-order valence-corrected chi connectivity index (χ1v) is 7.05. The maximum atomic E-state index is 3.57. The van der Waals surface area contributed by atoms with Gasteiger partial charge in [0.25, 0.3) is 0 Å². The molecule has 0 amide bonds. The highest BCUT2D eigenvalue weighted by molar-refractivity contribution is 5.23. The summed E-state index contributed by atoms with van der Waals surface area (Å²) in [6.07, 6.45) is 2.75. The Morgan fingerprint density at radius 2 is 1.89 bits per heavy atom. The second-order valence-corrected chi connectivity index (χ2v) is 6.22. The van der Waals surface area contributed by atoms with Crippen LogP contribution in [0.3, 0.4) is 0 Å². The normalized spacial score (nSPS) is 16.2. The second kappa shape index (κ2) is 5.85. The molecular formula is C16H26N2. The molecule has 1 N–H and O–H groups in total. The molecule has 0 bridgehead atoms. The molecule has 0 heterocycles. The molecule has 2 rings (SSSR count). The molecular weight excluding hydrogens is 220 g/mol. The van der Waals surface area contributed by atoms with Crippen LogP contribution in [0.15, 0.2) is 30.3 Å². The van der Waals surface area contributed by atoms with Gasteiger partial charge in [0.2, 0.25) is 0 Å². The lowest BCUT2D eigenvalue weighted by atomic mass is 9.84. The SMILES string of the molecule is CN(CCNC1CC1)CC(C)(C)c1ccccc1. The van der Waals surface area contributed by atoms with E-state index in [0.717, 1.165) is 25.7 Å². The van der Waals surface area contributed by atoms with E-state index in [9.17, 15) is 0 Å². The van der Waals surface area contributed by atoms with Gasteiger partial charge < -0.3 is 10.2 Å². The van der Waals surface area contributed by atoms with E-state index >= 15 is 0 Å². The highest BCUT2D eigenvalue weighted by Gasteiger charge is 2.23. The van der Waals surface area contributed by atoms with Crippen LogP contribution < -0.4 is 5.32 Å². The molecule has 1 saturated carbocycles. The predicted octanol–water partition coefficient (Wildman–Crippen LogP) is 2.65. The fraction of sp³-hybridized carbons (Fsp3) is 0.625. The van der Waals surface area contributed by atoms with Crippen LogP contribution in [0.5, 0.6) is 0 Å². The second-order valence-electron chi connectivity index (χ2n) is 6.22. The minimum atomic E-state index is 0.218. The van der Waals surface area contributed by atoms with E-state index in [4.69, 9.17) is 0 Å². The molecule has 0 atom stereocenters. The molecule has 0 unspecified atom stereocenters. The van der Waals surface area contributed by atoms with Gasteiger partial charge in [-0.05, 0) is 25.5 Å². The summed E-state index contributed by atoms with van der Waals surface area (Å²) in [6.45, 7) is 8.00. The van der Waals surface area contributed by atoms with Crippen LogP contribution in [0.2, 0.25) is 0 Å². The van der Waals surface area contributed by atoms with Crippen molar-refractivity contribution in [3.8, 4) is 0 Å². The zero-order valence-corrected chi connectivity index (χ0v) is 11.9. The molecule has 0 saturated heterocycles. The van der Waals surface area contributed by atoms with Crippen molar-refractivity contribution in [2.45, 2.75) is 38.1 Å². The van der Waals surface area contributed by atoms with Gasteiger partial charge in [-0.3, -0.25) is 0 Å². The van der Waals surface area contributed by atoms with E-state index < -0.39 is 0 Å². The Hall–Kier alpha value is -0.860. The molecule has 1 aromatic carbocycles. The fourth-order valence-corrected chi connectivity index (χ4v) is 2.48. The van der Waals surface area contributed by atoms with E-state index in [2.05, 4.69) is 61.4 Å². The summed E-state index contributed by atoms with van der Waals surface area (Å²) < 4.78 is 0. The molecule has 100 valence electrons. The van der Waals surface area contributed by atoms with Crippen LogP contribution in [0.4, 0.5) is 0 Å². The summed E-state index contributed by atoms with van der Waals surface area (Å²) in [5.41, 5.74) is 1.64. The Morgan fingerprint density at radius 3 is 2.50 bits per heavy atom. The van der Waals surface area contributed by atoms with Crippen molar-refractivity contribution in [1.29, 1.82) is 0 Å². The average molecular weight is 246 g/mol. The van der Waals surface area contributed by atoms with Crippen LogP contribution in [-0.2, 0) is 5.41 Å². The summed E-state index contributed by atoms with van der Waals surface area (Å²) in [5, 5.41) is 3.57. The summed E-state index contributed by atoms with van der Waals surface area (Å²) in [6, 6.07) is 11.6. The van der Waals surface area contributed by atoms with Crippen LogP contribution in [0.25, 0.3) is 0 Å². The van der Waals surface area contributed by atoms with Crippen LogP contribution in [0, 0.1) is 0 Å². The van der Waals surface area contributed by atoms with E-state index in [1.54, 1.807) is 0 Å². The molecule has 0 aromatic heterocycles. The topological polar surface area (TPSA) is 15.3 Å². The number of hydrogen-bond acceptors (Lipinski definition) is 2.